The van der Waals surface area contributed by atoms with Crippen LogP contribution in [0.15, 0.2) is 57.4 Å². The molecule has 4 aromatic rings. The van der Waals surface area contributed by atoms with Crippen LogP contribution in [0.3, 0.4) is 0 Å². The number of benzene rings is 1. The Hall–Kier alpha value is -2.98. The first-order valence-corrected chi connectivity index (χ1v) is 11.8. The van der Waals surface area contributed by atoms with E-state index in [1.807, 2.05) is 66.3 Å². The van der Waals surface area contributed by atoms with Gasteiger partial charge in [-0.1, -0.05) is 43.0 Å². The Morgan fingerprint density at radius 3 is 2.71 bits per heavy atom. The molecule has 3 aromatic heterocycles. The van der Waals surface area contributed by atoms with Gasteiger partial charge in [-0.25, -0.2) is 0 Å². The van der Waals surface area contributed by atoms with E-state index in [4.69, 9.17) is 4.42 Å². The van der Waals surface area contributed by atoms with Crippen molar-refractivity contribution >= 4 is 29.0 Å². The molecular weight excluding hydrogens is 432 g/mol. The van der Waals surface area contributed by atoms with E-state index < -0.39 is 0 Å². The number of thiophene rings is 1. The lowest BCUT2D eigenvalue weighted by molar-refractivity contribution is -0.129. The first-order chi connectivity index (χ1) is 15.2. The lowest BCUT2D eigenvalue weighted by Gasteiger charge is -2.20. The molecule has 8 nitrogen and oxygen atoms in total. The third kappa shape index (κ3) is 5.02. The van der Waals surface area contributed by atoms with Crippen molar-refractivity contribution in [1.29, 1.82) is 0 Å². The van der Waals surface area contributed by atoms with Gasteiger partial charge in [0, 0.05) is 12.2 Å². The van der Waals surface area contributed by atoms with Crippen LogP contribution in [0.2, 0.25) is 0 Å². The number of carbonyl (C=O) groups is 1. The minimum atomic E-state index is -0.0111. The number of hydrogen-bond donors (Lipinski definition) is 0. The fourth-order valence-corrected chi connectivity index (χ4v) is 4.62. The maximum absolute atomic E-state index is 13.0. The summed E-state index contributed by atoms with van der Waals surface area (Å²) in [5.41, 5.74) is 0.970. The van der Waals surface area contributed by atoms with E-state index in [2.05, 4.69) is 20.4 Å². The summed E-state index contributed by atoms with van der Waals surface area (Å²) >= 11 is 2.91. The Morgan fingerprint density at radius 2 is 1.97 bits per heavy atom. The Balaban J connectivity index is 1.43. The quantitative estimate of drug-likeness (QED) is 0.350. The summed E-state index contributed by atoms with van der Waals surface area (Å²) in [7, 11) is 0. The first kappa shape index (κ1) is 21.3. The minimum absolute atomic E-state index is 0.0111. The van der Waals surface area contributed by atoms with Crippen LogP contribution in [0.4, 0.5) is 0 Å². The molecule has 0 radical (unpaired) electrons. The third-order valence-electron chi connectivity index (χ3n) is 4.51. The van der Waals surface area contributed by atoms with Gasteiger partial charge in [0.1, 0.15) is 5.82 Å². The molecule has 31 heavy (non-hydrogen) atoms. The van der Waals surface area contributed by atoms with Crippen molar-refractivity contribution < 1.29 is 9.21 Å². The van der Waals surface area contributed by atoms with Crippen LogP contribution < -0.4 is 0 Å². The number of nitrogens with zero attached hydrogens (tertiary/aromatic N) is 6. The number of hydrogen-bond acceptors (Lipinski definition) is 8. The van der Waals surface area contributed by atoms with Crippen LogP contribution >= 0.6 is 23.1 Å². The Kier molecular flexibility index (Phi) is 6.78. The van der Waals surface area contributed by atoms with Gasteiger partial charge in [-0.15, -0.1) is 31.7 Å². The van der Waals surface area contributed by atoms with Crippen LogP contribution in [0, 0.1) is 6.92 Å². The van der Waals surface area contributed by atoms with Crippen molar-refractivity contribution in [2.45, 2.75) is 32.0 Å². The maximum atomic E-state index is 13.0. The number of aromatic nitrogens is 5. The lowest BCUT2D eigenvalue weighted by Crippen LogP contribution is -2.32. The highest BCUT2D eigenvalue weighted by molar-refractivity contribution is 7.99. The second-order valence-corrected chi connectivity index (χ2v) is 8.67. The summed E-state index contributed by atoms with van der Waals surface area (Å²) in [6, 6.07) is 13.7. The molecule has 0 atom stereocenters. The summed E-state index contributed by atoms with van der Waals surface area (Å²) in [4.78, 5) is 15.6. The molecule has 0 unspecified atom stereocenters. The van der Waals surface area contributed by atoms with Crippen LogP contribution in [0.5, 0.6) is 0 Å². The second-order valence-electron chi connectivity index (χ2n) is 6.78. The molecular formula is C21H22N6O2S2. The Bertz CT molecular complexity index is 1120. The zero-order valence-corrected chi connectivity index (χ0v) is 18.9. The fourth-order valence-electron chi connectivity index (χ4n) is 3.07. The number of amides is 1. The van der Waals surface area contributed by atoms with Gasteiger partial charge >= 0.3 is 0 Å². The maximum Gasteiger partial charge on any atom is 0.257 e. The summed E-state index contributed by atoms with van der Waals surface area (Å²) in [5, 5.41) is 19.3. The van der Waals surface area contributed by atoms with E-state index >= 15 is 0 Å². The van der Waals surface area contributed by atoms with Crippen LogP contribution in [0.25, 0.3) is 16.5 Å². The Morgan fingerprint density at radius 1 is 1.13 bits per heavy atom. The Labute approximate surface area is 188 Å². The van der Waals surface area contributed by atoms with Crippen molar-refractivity contribution in [3.05, 3.63) is 59.6 Å². The van der Waals surface area contributed by atoms with E-state index in [0.29, 0.717) is 23.5 Å². The van der Waals surface area contributed by atoms with Crippen molar-refractivity contribution in [2.24, 2.45) is 0 Å². The number of rotatable bonds is 9. The molecule has 0 aliphatic rings. The summed E-state index contributed by atoms with van der Waals surface area (Å²) in [5.74, 6) is 1.92. The van der Waals surface area contributed by atoms with E-state index in [0.717, 1.165) is 22.8 Å². The predicted molar refractivity (Wildman–Crippen MR) is 120 cm³/mol. The highest BCUT2D eigenvalue weighted by Gasteiger charge is 2.20. The molecule has 3 heterocycles. The van der Waals surface area contributed by atoms with E-state index in [1.54, 1.807) is 4.90 Å². The number of thioether (sulfide) groups is 1. The van der Waals surface area contributed by atoms with Crippen molar-refractivity contribution in [3.63, 3.8) is 0 Å². The van der Waals surface area contributed by atoms with Gasteiger partial charge in [0.15, 0.2) is 5.16 Å². The van der Waals surface area contributed by atoms with Gasteiger partial charge in [0.25, 0.3) is 5.89 Å². The first-order valence-electron chi connectivity index (χ1n) is 9.90. The molecule has 0 bridgehead atoms. The van der Waals surface area contributed by atoms with E-state index in [9.17, 15) is 4.79 Å². The second kappa shape index (κ2) is 9.88. The van der Waals surface area contributed by atoms with Crippen LogP contribution in [0.1, 0.15) is 25.1 Å². The molecule has 0 saturated carbocycles. The predicted octanol–water partition coefficient (Wildman–Crippen LogP) is 4.22. The minimum Gasteiger partial charge on any atom is -0.418 e. The van der Waals surface area contributed by atoms with Crippen molar-refractivity contribution in [3.8, 4) is 16.5 Å². The van der Waals surface area contributed by atoms with Gasteiger partial charge in [-0.2, -0.15) is 0 Å². The van der Waals surface area contributed by atoms with E-state index in [-0.39, 0.29) is 18.2 Å². The summed E-state index contributed by atoms with van der Waals surface area (Å²) in [6.45, 7) is 4.83. The standard InChI is InChI=1S/C21H22N6O2S2/c1-3-11-26(13-18-23-24-20(29-18)17-10-7-12-30-17)19(28)14-31-21-25-22-15(2)27(21)16-8-5-4-6-9-16/h4-10,12H,3,11,13-14H2,1-2H3. The molecule has 1 amide bonds. The zero-order chi connectivity index (χ0) is 21.6. The average Bonchev–Trinajstić information content (AvgIpc) is 3.53. The van der Waals surface area contributed by atoms with Crippen molar-refractivity contribution in [2.75, 3.05) is 12.3 Å². The molecule has 0 spiro atoms. The highest BCUT2D eigenvalue weighted by Crippen LogP contribution is 2.24. The van der Waals surface area contributed by atoms with Gasteiger partial charge < -0.3 is 9.32 Å². The van der Waals surface area contributed by atoms with Crippen LogP contribution in [-0.2, 0) is 11.3 Å². The normalized spacial score (nSPS) is 11.0. The SMILES string of the molecule is CCCN(Cc1nnc(-c2cccs2)o1)C(=O)CSc1nnc(C)n1-c1ccccc1. The molecule has 1 aromatic carbocycles. The summed E-state index contributed by atoms with van der Waals surface area (Å²) in [6.07, 6.45) is 0.835. The molecule has 0 fully saturated rings. The smallest absolute Gasteiger partial charge is 0.257 e. The zero-order valence-electron chi connectivity index (χ0n) is 17.3. The topological polar surface area (TPSA) is 89.9 Å². The van der Waals surface area contributed by atoms with Gasteiger partial charge in [-0.05, 0) is 36.9 Å². The lowest BCUT2D eigenvalue weighted by atomic mass is 10.3. The number of para-hydroxylation sites is 1. The van der Waals surface area contributed by atoms with E-state index in [1.165, 1.54) is 23.1 Å². The summed E-state index contributed by atoms with van der Waals surface area (Å²) < 4.78 is 7.71. The number of aryl methyl sites for hydroxylation is 1. The van der Waals surface area contributed by atoms with Gasteiger partial charge in [-0.3, -0.25) is 9.36 Å². The average molecular weight is 455 g/mol. The molecule has 160 valence electrons. The third-order valence-corrected chi connectivity index (χ3v) is 6.28. The molecule has 0 aliphatic heterocycles. The fraction of sp³-hybridized carbons (Fsp3) is 0.286. The molecule has 0 saturated heterocycles. The molecule has 10 heteroatoms. The van der Waals surface area contributed by atoms with Gasteiger partial charge in [0.05, 0.1) is 17.2 Å². The molecule has 4 rings (SSSR count). The number of carbonyl (C=O) groups excluding carboxylic acids is 1. The van der Waals surface area contributed by atoms with Gasteiger partial charge in [0.2, 0.25) is 11.8 Å². The van der Waals surface area contributed by atoms with Crippen LogP contribution in [-0.4, -0.2) is 48.1 Å². The largest absolute Gasteiger partial charge is 0.418 e. The molecule has 0 aliphatic carbocycles. The molecule has 0 N–H and O–H groups in total. The highest BCUT2D eigenvalue weighted by atomic mass is 32.2. The monoisotopic (exact) mass is 454 g/mol. The van der Waals surface area contributed by atoms with Crippen molar-refractivity contribution in [1.82, 2.24) is 29.9 Å².